The molecule has 1 aliphatic rings. The molecule has 0 heterocycles. The summed E-state index contributed by atoms with van der Waals surface area (Å²) in [5.74, 6) is 0.457. The van der Waals surface area contributed by atoms with E-state index in [1.807, 2.05) is 0 Å². The van der Waals surface area contributed by atoms with Crippen LogP contribution in [0, 0.1) is 5.41 Å². The van der Waals surface area contributed by atoms with E-state index in [2.05, 4.69) is 0 Å². The van der Waals surface area contributed by atoms with Crippen molar-refractivity contribution >= 4 is 9.84 Å². The van der Waals surface area contributed by atoms with Gasteiger partial charge < -0.3 is 5.11 Å². The van der Waals surface area contributed by atoms with Crippen molar-refractivity contribution in [3.05, 3.63) is 0 Å². The second-order valence-electron chi connectivity index (χ2n) is 4.71. The Hall–Kier alpha value is -0.0900. The molecular weight excluding hydrogens is 212 g/mol. The van der Waals surface area contributed by atoms with E-state index in [-0.39, 0.29) is 23.5 Å². The molecule has 0 aliphatic heterocycles. The lowest BCUT2D eigenvalue weighted by molar-refractivity contribution is 0.0791. The highest BCUT2D eigenvalue weighted by Gasteiger charge is 2.32. The van der Waals surface area contributed by atoms with Gasteiger partial charge in [0.05, 0.1) is 5.75 Å². The monoisotopic (exact) mass is 234 g/mol. The molecule has 3 nitrogen and oxygen atoms in total. The maximum Gasteiger partial charge on any atom is 0.150 e. The number of aliphatic hydroxyl groups is 1. The third kappa shape index (κ3) is 3.76. The Kier molecular flexibility index (Phi) is 4.59. The van der Waals surface area contributed by atoms with Gasteiger partial charge in [-0.15, -0.1) is 0 Å². The molecule has 0 bridgehead atoms. The normalized spacial score (nSPS) is 21.5. The molecule has 90 valence electrons. The summed E-state index contributed by atoms with van der Waals surface area (Å²) in [4.78, 5) is 0. The van der Waals surface area contributed by atoms with Gasteiger partial charge in [0.2, 0.25) is 0 Å². The van der Waals surface area contributed by atoms with E-state index in [1.54, 1.807) is 6.92 Å². The summed E-state index contributed by atoms with van der Waals surface area (Å²) in [7, 11) is -2.88. The first-order valence-electron chi connectivity index (χ1n) is 5.85. The van der Waals surface area contributed by atoms with Crippen LogP contribution in [-0.4, -0.2) is 31.6 Å². The van der Waals surface area contributed by atoms with E-state index >= 15 is 0 Å². The molecule has 1 saturated carbocycles. The molecule has 0 unspecified atom stereocenters. The largest absolute Gasteiger partial charge is 0.396 e. The van der Waals surface area contributed by atoms with Crippen LogP contribution in [0.2, 0.25) is 0 Å². The Bertz CT molecular complexity index is 276. The summed E-state index contributed by atoms with van der Waals surface area (Å²) in [6.45, 7) is 1.83. The van der Waals surface area contributed by atoms with E-state index in [1.165, 1.54) is 6.42 Å². The van der Waals surface area contributed by atoms with Crippen molar-refractivity contribution in [1.82, 2.24) is 0 Å². The van der Waals surface area contributed by atoms with Gasteiger partial charge in [0.25, 0.3) is 0 Å². The first-order chi connectivity index (χ1) is 7.04. The molecule has 0 atom stereocenters. The van der Waals surface area contributed by atoms with Gasteiger partial charge in [0, 0.05) is 12.4 Å². The minimum Gasteiger partial charge on any atom is -0.396 e. The average molecular weight is 234 g/mol. The van der Waals surface area contributed by atoms with Gasteiger partial charge in [0.1, 0.15) is 9.84 Å². The summed E-state index contributed by atoms with van der Waals surface area (Å²) in [6.07, 6.45) is 6.10. The zero-order valence-electron chi connectivity index (χ0n) is 9.54. The number of hydrogen-bond acceptors (Lipinski definition) is 3. The summed E-state index contributed by atoms with van der Waals surface area (Å²) >= 11 is 0. The van der Waals surface area contributed by atoms with E-state index < -0.39 is 9.84 Å². The first-order valence-corrected chi connectivity index (χ1v) is 7.67. The predicted octanol–water partition coefficient (Wildman–Crippen LogP) is 1.75. The molecule has 0 aromatic carbocycles. The lowest BCUT2D eigenvalue weighted by Gasteiger charge is -2.35. The molecule has 0 amide bonds. The Morgan fingerprint density at radius 2 is 1.80 bits per heavy atom. The number of sulfone groups is 1. The van der Waals surface area contributed by atoms with Gasteiger partial charge in [-0.1, -0.05) is 26.2 Å². The fourth-order valence-electron chi connectivity index (χ4n) is 2.31. The topological polar surface area (TPSA) is 54.4 Å². The van der Waals surface area contributed by atoms with Crippen molar-refractivity contribution in [2.75, 3.05) is 18.1 Å². The van der Waals surface area contributed by atoms with Gasteiger partial charge in [-0.05, 0) is 24.7 Å². The van der Waals surface area contributed by atoms with Crippen molar-refractivity contribution in [2.45, 2.75) is 45.4 Å². The van der Waals surface area contributed by atoms with E-state index in [9.17, 15) is 13.5 Å². The van der Waals surface area contributed by atoms with Gasteiger partial charge >= 0.3 is 0 Å². The smallest absolute Gasteiger partial charge is 0.150 e. The van der Waals surface area contributed by atoms with Crippen molar-refractivity contribution in [3.63, 3.8) is 0 Å². The van der Waals surface area contributed by atoms with Crippen LogP contribution in [0.25, 0.3) is 0 Å². The molecule has 1 fully saturated rings. The van der Waals surface area contributed by atoms with Gasteiger partial charge in [-0.3, -0.25) is 0 Å². The maximum absolute atomic E-state index is 11.4. The molecule has 0 aromatic rings. The van der Waals surface area contributed by atoms with E-state index in [4.69, 9.17) is 0 Å². The van der Waals surface area contributed by atoms with Crippen LogP contribution in [0.3, 0.4) is 0 Å². The first kappa shape index (κ1) is 13.0. The molecule has 15 heavy (non-hydrogen) atoms. The second-order valence-corrected chi connectivity index (χ2v) is 7.18. The summed E-state index contributed by atoms with van der Waals surface area (Å²) in [5, 5.41) is 9.42. The van der Waals surface area contributed by atoms with Crippen LogP contribution in [-0.2, 0) is 9.84 Å². The van der Waals surface area contributed by atoms with Crippen LogP contribution in [0.15, 0.2) is 0 Å². The minimum absolute atomic E-state index is 0.0967. The average Bonchev–Trinajstić information content (AvgIpc) is 2.28. The van der Waals surface area contributed by atoms with Crippen LogP contribution in [0.5, 0.6) is 0 Å². The Labute approximate surface area is 92.8 Å². The van der Waals surface area contributed by atoms with Gasteiger partial charge in [0.15, 0.2) is 0 Å². The van der Waals surface area contributed by atoms with Crippen molar-refractivity contribution in [1.29, 1.82) is 0 Å². The lowest BCUT2D eigenvalue weighted by atomic mass is 9.73. The highest BCUT2D eigenvalue weighted by atomic mass is 32.2. The fourth-order valence-corrected chi connectivity index (χ4v) is 3.34. The second kappa shape index (κ2) is 5.30. The van der Waals surface area contributed by atoms with Gasteiger partial charge in [-0.2, -0.15) is 0 Å². The predicted molar refractivity (Wildman–Crippen MR) is 61.5 cm³/mol. The lowest BCUT2D eigenvalue weighted by Crippen LogP contribution is -2.31. The SMILES string of the molecule is CCS(=O)(=O)CCC1(CO)CCCCC1. The molecule has 0 radical (unpaired) electrons. The van der Waals surface area contributed by atoms with E-state index in [0.717, 1.165) is 25.7 Å². The molecule has 0 spiro atoms. The van der Waals surface area contributed by atoms with Crippen LogP contribution in [0.4, 0.5) is 0 Å². The third-order valence-corrected chi connectivity index (χ3v) is 5.34. The standard InChI is InChI=1S/C11H22O3S/c1-2-15(13,14)9-8-11(10-12)6-4-3-5-7-11/h12H,2-10H2,1H3. The van der Waals surface area contributed by atoms with E-state index in [0.29, 0.717) is 6.42 Å². The minimum atomic E-state index is -2.88. The van der Waals surface area contributed by atoms with Crippen LogP contribution < -0.4 is 0 Å². The number of rotatable bonds is 5. The highest BCUT2D eigenvalue weighted by molar-refractivity contribution is 7.91. The third-order valence-electron chi connectivity index (χ3n) is 3.63. The van der Waals surface area contributed by atoms with Crippen LogP contribution >= 0.6 is 0 Å². The molecule has 0 saturated heterocycles. The molecular formula is C11H22O3S. The molecule has 1 aliphatic carbocycles. The highest BCUT2D eigenvalue weighted by Crippen LogP contribution is 2.39. The molecule has 1 N–H and O–H groups in total. The fraction of sp³-hybridized carbons (Fsp3) is 1.00. The van der Waals surface area contributed by atoms with Crippen molar-refractivity contribution < 1.29 is 13.5 Å². The summed E-state index contributed by atoms with van der Waals surface area (Å²) in [6, 6.07) is 0. The Balaban J connectivity index is 2.53. The number of hydrogen-bond donors (Lipinski definition) is 1. The zero-order valence-corrected chi connectivity index (χ0v) is 10.4. The summed E-state index contributed by atoms with van der Waals surface area (Å²) < 4.78 is 22.8. The van der Waals surface area contributed by atoms with Crippen molar-refractivity contribution in [3.8, 4) is 0 Å². The maximum atomic E-state index is 11.4. The molecule has 4 heteroatoms. The van der Waals surface area contributed by atoms with Crippen molar-refractivity contribution in [2.24, 2.45) is 5.41 Å². The Morgan fingerprint density at radius 1 is 1.20 bits per heavy atom. The molecule has 1 rings (SSSR count). The molecule has 0 aromatic heterocycles. The van der Waals surface area contributed by atoms with Gasteiger partial charge in [-0.25, -0.2) is 8.42 Å². The van der Waals surface area contributed by atoms with Crippen LogP contribution in [0.1, 0.15) is 45.4 Å². The number of aliphatic hydroxyl groups excluding tert-OH is 1. The zero-order chi connectivity index (χ0) is 11.4. The Morgan fingerprint density at radius 3 is 2.27 bits per heavy atom. The summed E-state index contributed by atoms with van der Waals surface area (Å²) in [5.41, 5.74) is -0.0967. The quantitative estimate of drug-likeness (QED) is 0.788.